The van der Waals surface area contributed by atoms with Crippen LogP contribution >= 0.6 is 22.6 Å². The van der Waals surface area contributed by atoms with Gasteiger partial charge in [0.15, 0.2) is 5.76 Å². The zero-order chi connectivity index (χ0) is 13.8. The Kier molecular flexibility index (Phi) is 4.31. The molecule has 19 heavy (non-hydrogen) atoms. The Labute approximate surface area is 123 Å². The van der Waals surface area contributed by atoms with Crippen molar-refractivity contribution in [3.63, 3.8) is 0 Å². The second-order valence-electron chi connectivity index (χ2n) is 3.83. The number of carbonyl (C=O) groups is 1. The van der Waals surface area contributed by atoms with Crippen LogP contribution in [0.25, 0.3) is 0 Å². The van der Waals surface area contributed by atoms with Gasteiger partial charge in [-0.2, -0.15) is 0 Å². The molecule has 2 aromatic rings. The lowest BCUT2D eigenvalue weighted by molar-refractivity contribution is 0.0973. The van der Waals surface area contributed by atoms with Crippen LogP contribution in [0.5, 0.6) is 5.75 Å². The summed E-state index contributed by atoms with van der Waals surface area (Å²) in [4.78, 5) is 21.2. The minimum Gasteiger partial charge on any atom is -0.489 e. The maximum absolute atomic E-state index is 11.1. The van der Waals surface area contributed by atoms with E-state index in [9.17, 15) is 9.70 Å². The first-order valence-electron chi connectivity index (χ1n) is 5.45. The summed E-state index contributed by atoms with van der Waals surface area (Å²) in [5.74, 6) is 0.295. The van der Waals surface area contributed by atoms with Gasteiger partial charge in [-0.05, 0) is 53.8 Å². The number of aryl methyl sites for hydroxylation is 1. The first kappa shape index (κ1) is 13.7. The second kappa shape index (κ2) is 5.96. The summed E-state index contributed by atoms with van der Waals surface area (Å²) in [6.45, 7) is 1.97. The van der Waals surface area contributed by atoms with Gasteiger partial charge in [0.05, 0.1) is 0 Å². The molecule has 98 valence electrons. The molecular weight excluding hydrogens is 361 g/mol. The molecule has 0 N–H and O–H groups in total. The van der Waals surface area contributed by atoms with Crippen LogP contribution < -0.4 is 4.74 Å². The third-order valence-electron chi connectivity index (χ3n) is 2.50. The highest BCUT2D eigenvalue weighted by atomic mass is 127. The SMILES string of the molecule is Cc1oc(C(=O)N=O)cc1COc1cccc(I)c1. The topological polar surface area (TPSA) is 68.9 Å². The molecule has 0 unspecified atom stereocenters. The van der Waals surface area contributed by atoms with Crippen molar-refractivity contribution >= 4 is 28.5 Å². The van der Waals surface area contributed by atoms with E-state index in [1.807, 2.05) is 24.3 Å². The summed E-state index contributed by atoms with van der Waals surface area (Å²) in [5, 5.41) is 2.32. The van der Waals surface area contributed by atoms with Gasteiger partial charge >= 0.3 is 5.91 Å². The molecule has 0 saturated carbocycles. The van der Waals surface area contributed by atoms with E-state index in [4.69, 9.17) is 9.15 Å². The van der Waals surface area contributed by atoms with Crippen LogP contribution in [0.1, 0.15) is 21.9 Å². The molecule has 1 aromatic heterocycles. The fourth-order valence-corrected chi connectivity index (χ4v) is 2.05. The number of nitrogens with zero attached hydrogens (tertiary/aromatic N) is 1. The monoisotopic (exact) mass is 371 g/mol. The quantitative estimate of drug-likeness (QED) is 0.608. The first-order valence-corrected chi connectivity index (χ1v) is 6.53. The molecule has 0 aliphatic heterocycles. The highest BCUT2D eigenvalue weighted by molar-refractivity contribution is 14.1. The van der Waals surface area contributed by atoms with Crippen LogP contribution in [0.15, 0.2) is 39.9 Å². The van der Waals surface area contributed by atoms with E-state index < -0.39 is 5.91 Å². The first-order chi connectivity index (χ1) is 9.10. The zero-order valence-corrected chi connectivity index (χ0v) is 12.2. The minimum atomic E-state index is -0.913. The van der Waals surface area contributed by atoms with Gasteiger partial charge in [0.25, 0.3) is 0 Å². The molecule has 2 rings (SSSR count). The third kappa shape index (κ3) is 3.40. The van der Waals surface area contributed by atoms with Crippen molar-refractivity contribution in [3.8, 4) is 5.75 Å². The number of nitroso groups, excluding NO2 is 1. The van der Waals surface area contributed by atoms with Crippen LogP contribution in [-0.2, 0) is 6.61 Å². The van der Waals surface area contributed by atoms with Gasteiger partial charge in [-0.1, -0.05) is 6.07 Å². The Balaban J connectivity index is 2.09. The van der Waals surface area contributed by atoms with Crippen LogP contribution in [0, 0.1) is 15.4 Å². The van der Waals surface area contributed by atoms with Crippen molar-refractivity contribution in [1.29, 1.82) is 0 Å². The summed E-state index contributed by atoms with van der Waals surface area (Å²) in [6.07, 6.45) is 0. The molecule has 1 heterocycles. The van der Waals surface area contributed by atoms with Crippen molar-refractivity contribution in [3.05, 3.63) is 55.9 Å². The molecule has 0 aliphatic rings. The summed E-state index contributed by atoms with van der Waals surface area (Å²) in [6, 6.07) is 9.08. The van der Waals surface area contributed by atoms with Crippen molar-refractivity contribution in [2.75, 3.05) is 0 Å². The molecule has 6 heteroatoms. The molecule has 5 nitrogen and oxygen atoms in total. The Morgan fingerprint density at radius 3 is 2.89 bits per heavy atom. The summed E-state index contributed by atoms with van der Waals surface area (Å²) in [7, 11) is 0. The molecule has 0 bridgehead atoms. The van der Waals surface area contributed by atoms with Crippen LogP contribution in [0.4, 0.5) is 0 Å². The van der Waals surface area contributed by atoms with Crippen LogP contribution in [0.3, 0.4) is 0 Å². The van der Waals surface area contributed by atoms with Crippen LogP contribution in [-0.4, -0.2) is 5.91 Å². The van der Waals surface area contributed by atoms with Crippen LogP contribution in [0.2, 0.25) is 0 Å². The standard InChI is InChI=1S/C13H10INO4/c1-8-9(5-12(19-8)13(16)15-17)7-18-11-4-2-3-10(14)6-11/h2-6H,7H2,1H3. The number of benzene rings is 1. The van der Waals surface area contributed by atoms with E-state index >= 15 is 0 Å². The number of hydrogen-bond acceptors (Lipinski definition) is 4. The van der Waals surface area contributed by atoms with E-state index in [-0.39, 0.29) is 12.4 Å². The number of amides is 1. The molecule has 1 amide bonds. The van der Waals surface area contributed by atoms with Crippen molar-refractivity contribution in [2.45, 2.75) is 13.5 Å². The Hall–Kier alpha value is -1.70. The van der Waals surface area contributed by atoms with E-state index in [0.29, 0.717) is 11.3 Å². The van der Waals surface area contributed by atoms with Gasteiger partial charge in [-0.3, -0.25) is 4.79 Å². The zero-order valence-electron chi connectivity index (χ0n) is 10.1. The normalized spacial score (nSPS) is 10.2. The Bertz CT molecular complexity index is 621. The average molecular weight is 371 g/mol. The molecule has 1 aromatic carbocycles. The average Bonchev–Trinajstić information content (AvgIpc) is 2.77. The maximum Gasteiger partial charge on any atom is 0.351 e. The van der Waals surface area contributed by atoms with Gasteiger partial charge in [0.1, 0.15) is 18.1 Å². The van der Waals surface area contributed by atoms with E-state index in [2.05, 4.69) is 27.8 Å². The summed E-state index contributed by atoms with van der Waals surface area (Å²) >= 11 is 2.19. The predicted octanol–water partition coefficient (Wildman–Crippen LogP) is 3.68. The number of hydrogen-bond donors (Lipinski definition) is 0. The number of rotatable bonds is 4. The molecule has 0 atom stereocenters. The second-order valence-corrected chi connectivity index (χ2v) is 5.08. The number of halogens is 1. The molecule has 0 saturated heterocycles. The number of ether oxygens (including phenoxy) is 1. The van der Waals surface area contributed by atoms with Gasteiger partial charge in [-0.25, -0.2) is 0 Å². The fraction of sp³-hybridized carbons (Fsp3) is 0.154. The highest BCUT2D eigenvalue weighted by Gasteiger charge is 2.15. The van der Waals surface area contributed by atoms with Crippen molar-refractivity contribution in [1.82, 2.24) is 0 Å². The minimum absolute atomic E-state index is 0.0613. The van der Waals surface area contributed by atoms with Gasteiger partial charge in [0, 0.05) is 14.3 Å². The van der Waals surface area contributed by atoms with E-state index in [1.54, 1.807) is 6.92 Å². The lowest BCUT2D eigenvalue weighted by Gasteiger charge is -2.05. The molecule has 0 radical (unpaired) electrons. The Morgan fingerprint density at radius 2 is 2.21 bits per heavy atom. The largest absolute Gasteiger partial charge is 0.489 e. The van der Waals surface area contributed by atoms with Gasteiger partial charge in [0.2, 0.25) is 0 Å². The highest BCUT2D eigenvalue weighted by Crippen LogP contribution is 2.20. The van der Waals surface area contributed by atoms with Gasteiger partial charge < -0.3 is 9.15 Å². The summed E-state index contributed by atoms with van der Waals surface area (Å²) < 4.78 is 11.8. The molecular formula is C13H10INO4. The third-order valence-corrected chi connectivity index (χ3v) is 3.18. The van der Waals surface area contributed by atoms with E-state index in [1.165, 1.54) is 6.07 Å². The summed E-state index contributed by atoms with van der Waals surface area (Å²) in [5.41, 5.74) is 0.714. The van der Waals surface area contributed by atoms with Crippen molar-refractivity contribution in [2.24, 2.45) is 5.18 Å². The van der Waals surface area contributed by atoms with Crippen molar-refractivity contribution < 1.29 is 13.9 Å². The molecule has 0 aliphatic carbocycles. The predicted molar refractivity (Wildman–Crippen MR) is 77.1 cm³/mol. The number of carbonyl (C=O) groups excluding carboxylic acids is 1. The lowest BCUT2D eigenvalue weighted by Crippen LogP contribution is -1.95. The Morgan fingerprint density at radius 1 is 1.42 bits per heavy atom. The molecule has 0 spiro atoms. The maximum atomic E-state index is 11.1. The fourth-order valence-electron chi connectivity index (χ4n) is 1.53. The van der Waals surface area contributed by atoms with E-state index in [0.717, 1.165) is 9.32 Å². The smallest absolute Gasteiger partial charge is 0.351 e. The molecule has 0 fully saturated rings. The lowest BCUT2D eigenvalue weighted by atomic mass is 10.2. The number of furan rings is 1. The van der Waals surface area contributed by atoms with Gasteiger partial charge in [-0.15, -0.1) is 4.91 Å².